The van der Waals surface area contributed by atoms with E-state index < -0.39 is 0 Å². The predicted octanol–water partition coefficient (Wildman–Crippen LogP) is 9.59. The van der Waals surface area contributed by atoms with Crippen molar-refractivity contribution in [3.8, 4) is 28.4 Å². The van der Waals surface area contributed by atoms with Gasteiger partial charge in [-0.05, 0) is 77.2 Å². The zero-order valence-corrected chi connectivity index (χ0v) is 23.1. The molecule has 0 atom stereocenters. The van der Waals surface area contributed by atoms with Crippen LogP contribution in [0, 0.1) is 0 Å². The van der Waals surface area contributed by atoms with Crippen LogP contribution in [-0.4, -0.2) is 18.9 Å². The van der Waals surface area contributed by atoms with E-state index in [0.29, 0.717) is 0 Å². The molecule has 0 aliphatic rings. The number of fused-ring (bicyclic) bond motifs is 9. The zero-order chi connectivity index (χ0) is 28.3. The van der Waals surface area contributed by atoms with Gasteiger partial charge >= 0.3 is 0 Å². The fourth-order valence-corrected chi connectivity index (χ4v) is 6.36. The minimum Gasteiger partial charge on any atom is -0.457 e. The van der Waals surface area contributed by atoms with E-state index in [1.54, 1.807) is 0 Å². The maximum absolute atomic E-state index is 6.54. The van der Waals surface area contributed by atoms with E-state index >= 15 is 0 Å². The van der Waals surface area contributed by atoms with Gasteiger partial charge in [0.05, 0.1) is 16.6 Å². The smallest absolute Gasteiger partial charge is 0.145 e. The first-order valence-corrected chi connectivity index (χ1v) is 14.3. The fraction of sp³-hybridized carbons (Fsp3) is 0. The van der Waals surface area contributed by atoms with Gasteiger partial charge in [0, 0.05) is 46.2 Å². The number of ether oxygens (including phenoxy) is 1. The van der Waals surface area contributed by atoms with Crippen LogP contribution in [0.3, 0.4) is 0 Å². The minimum absolute atomic E-state index is 0.760. The van der Waals surface area contributed by atoms with Gasteiger partial charge in [-0.3, -0.25) is 8.97 Å². The normalized spacial score (nSPS) is 11.7. The zero-order valence-electron chi connectivity index (χ0n) is 23.1. The summed E-state index contributed by atoms with van der Waals surface area (Å²) in [6.45, 7) is 0. The standard InChI is InChI=1S/C38H24N4O/c1-2-8-25(9-3-1)26-13-18-34-32(22-26)29-16-14-27(23-33(29)38-40-20-21-41(34)38)43-28-15-17-31-30-10-4-5-11-35(30)42(36(31)24-28)37-12-6-7-19-39-37/h1-24H. The van der Waals surface area contributed by atoms with Crippen LogP contribution in [0.5, 0.6) is 11.5 Å². The van der Waals surface area contributed by atoms with Gasteiger partial charge in [0.15, 0.2) is 0 Å². The van der Waals surface area contributed by atoms with Gasteiger partial charge in [-0.1, -0.05) is 60.7 Å². The van der Waals surface area contributed by atoms with Crippen LogP contribution in [0.1, 0.15) is 0 Å². The van der Waals surface area contributed by atoms with E-state index in [9.17, 15) is 0 Å². The van der Waals surface area contributed by atoms with Crippen molar-refractivity contribution < 1.29 is 4.74 Å². The number of hydrogen-bond acceptors (Lipinski definition) is 3. The highest BCUT2D eigenvalue weighted by Crippen LogP contribution is 2.37. The maximum Gasteiger partial charge on any atom is 0.145 e. The largest absolute Gasteiger partial charge is 0.457 e. The van der Waals surface area contributed by atoms with Crippen LogP contribution in [0.4, 0.5) is 0 Å². The Bertz CT molecular complexity index is 2480. The summed E-state index contributed by atoms with van der Waals surface area (Å²) in [7, 11) is 0. The Hall–Kier alpha value is -5.94. The average Bonchev–Trinajstić information content (AvgIpc) is 3.69. The van der Waals surface area contributed by atoms with E-state index in [0.717, 1.165) is 55.7 Å². The number of rotatable bonds is 4. The fourth-order valence-electron chi connectivity index (χ4n) is 6.36. The molecule has 0 bridgehead atoms. The molecule has 0 spiro atoms. The topological polar surface area (TPSA) is 44.3 Å². The van der Waals surface area contributed by atoms with Gasteiger partial charge in [-0.2, -0.15) is 0 Å². The number of aromatic nitrogens is 4. The van der Waals surface area contributed by atoms with Crippen LogP contribution in [-0.2, 0) is 0 Å². The molecule has 9 aromatic rings. The Kier molecular flexibility index (Phi) is 5.13. The average molecular weight is 553 g/mol. The Morgan fingerprint density at radius 3 is 2.14 bits per heavy atom. The molecule has 43 heavy (non-hydrogen) atoms. The van der Waals surface area contributed by atoms with Crippen LogP contribution in [0.25, 0.3) is 66.1 Å². The molecule has 0 saturated heterocycles. The number of nitrogens with zero attached hydrogens (tertiary/aromatic N) is 4. The summed E-state index contributed by atoms with van der Waals surface area (Å²) >= 11 is 0. The molecular weight excluding hydrogens is 528 g/mol. The van der Waals surface area contributed by atoms with Gasteiger partial charge in [0.25, 0.3) is 0 Å². The summed E-state index contributed by atoms with van der Waals surface area (Å²) in [6, 6.07) is 44.2. The summed E-state index contributed by atoms with van der Waals surface area (Å²) in [4.78, 5) is 9.39. The molecule has 0 amide bonds. The Balaban J connectivity index is 1.19. The second-order valence-corrected chi connectivity index (χ2v) is 10.7. The highest BCUT2D eigenvalue weighted by Gasteiger charge is 2.15. The van der Waals surface area contributed by atoms with Gasteiger partial charge in [0.2, 0.25) is 0 Å². The monoisotopic (exact) mass is 552 g/mol. The third-order valence-corrected chi connectivity index (χ3v) is 8.29. The summed E-state index contributed by atoms with van der Waals surface area (Å²) in [5.74, 6) is 2.40. The molecule has 0 saturated carbocycles. The number of hydrogen-bond donors (Lipinski definition) is 0. The van der Waals surface area contributed by atoms with E-state index in [1.165, 1.54) is 21.9 Å². The first-order chi connectivity index (χ1) is 21.3. The van der Waals surface area contributed by atoms with Crippen molar-refractivity contribution in [1.82, 2.24) is 18.9 Å². The Morgan fingerprint density at radius 1 is 0.465 bits per heavy atom. The molecule has 0 radical (unpaired) electrons. The highest BCUT2D eigenvalue weighted by molar-refractivity contribution is 6.13. The van der Waals surface area contributed by atoms with Crippen molar-refractivity contribution in [2.75, 3.05) is 0 Å². The first kappa shape index (κ1) is 23.7. The second-order valence-electron chi connectivity index (χ2n) is 10.7. The predicted molar refractivity (Wildman–Crippen MR) is 174 cm³/mol. The SMILES string of the molecule is c1ccc(-c2ccc3c(c2)c2ccc(Oc4ccc5c6ccccc6n(-c6ccccn6)c5c4)cc2c2nccn32)cc1. The molecule has 0 fully saturated rings. The molecule has 5 aromatic carbocycles. The highest BCUT2D eigenvalue weighted by atomic mass is 16.5. The molecule has 202 valence electrons. The summed E-state index contributed by atoms with van der Waals surface area (Å²) in [5, 5.41) is 5.71. The lowest BCUT2D eigenvalue weighted by atomic mass is 10.00. The molecule has 5 nitrogen and oxygen atoms in total. The molecule has 9 rings (SSSR count). The molecule has 0 aliphatic carbocycles. The van der Waals surface area contributed by atoms with Crippen molar-refractivity contribution in [1.29, 1.82) is 0 Å². The minimum atomic E-state index is 0.760. The van der Waals surface area contributed by atoms with E-state index in [1.807, 2.05) is 48.9 Å². The van der Waals surface area contributed by atoms with E-state index in [4.69, 9.17) is 9.72 Å². The van der Waals surface area contributed by atoms with Gasteiger partial charge in [-0.25, -0.2) is 9.97 Å². The lowest BCUT2D eigenvalue weighted by Gasteiger charge is -2.13. The Morgan fingerprint density at radius 2 is 1.26 bits per heavy atom. The third-order valence-electron chi connectivity index (χ3n) is 8.29. The molecule has 0 aliphatic heterocycles. The lowest BCUT2D eigenvalue weighted by molar-refractivity contribution is 0.484. The molecular formula is C38H24N4O. The van der Waals surface area contributed by atoms with E-state index in [2.05, 4.69) is 111 Å². The van der Waals surface area contributed by atoms with Crippen LogP contribution in [0.2, 0.25) is 0 Å². The van der Waals surface area contributed by atoms with Gasteiger partial charge < -0.3 is 4.74 Å². The van der Waals surface area contributed by atoms with Gasteiger partial charge in [0.1, 0.15) is 23.0 Å². The molecule has 0 unspecified atom stereocenters. The summed E-state index contributed by atoms with van der Waals surface area (Å²) in [5.41, 5.74) is 6.58. The van der Waals surface area contributed by atoms with Crippen LogP contribution >= 0.6 is 0 Å². The third kappa shape index (κ3) is 3.72. The van der Waals surface area contributed by atoms with Crippen molar-refractivity contribution in [3.05, 3.63) is 146 Å². The summed E-state index contributed by atoms with van der Waals surface area (Å²) in [6.07, 6.45) is 5.71. The van der Waals surface area contributed by atoms with E-state index in [-0.39, 0.29) is 0 Å². The lowest BCUT2D eigenvalue weighted by Crippen LogP contribution is -1.96. The number of pyridine rings is 2. The van der Waals surface area contributed by atoms with Crippen molar-refractivity contribution in [2.45, 2.75) is 0 Å². The number of para-hydroxylation sites is 1. The van der Waals surface area contributed by atoms with Crippen molar-refractivity contribution in [3.63, 3.8) is 0 Å². The number of benzene rings is 5. The molecule has 0 N–H and O–H groups in total. The first-order valence-electron chi connectivity index (χ1n) is 14.3. The number of imidazole rings is 1. The molecule has 4 aromatic heterocycles. The van der Waals surface area contributed by atoms with Crippen LogP contribution < -0.4 is 4.74 Å². The van der Waals surface area contributed by atoms with Crippen LogP contribution in [0.15, 0.2) is 146 Å². The molecule has 4 heterocycles. The molecule has 5 heteroatoms. The van der Waals surface area contributed by atoms with Crippen molar-refractivity contribution >= 4 is 49.1 Å². The quantitative estimate of drug-likeness (QED) is 0.204. The summed E-state index contributed by atoms with van der Waals surface area (Å²) < 4.78 is 10.9. The van der Waals surface area contributed by atoms with Gasteiger partial charge in [-0.15, -0.1) is 0 Å². The Labute approximate surface area is 246 Å². The second kappa shape index (κ2) is 9.29. The maximum atomic E-state index is 6.54. The van der Waals surface area contributed by atoms with Crippen molar-refractivity contribution in [2.24, 2.45) is 0 Å².